The van der Waals surface area contributed by atoms with Crippen molar-refractivity contribution in [2.75, 3.05) is 0 Å². The minimum absolute atomic E-state index is 0.504. The fourth-order valence-electron chi connectivity index (χ4n) is 2.47. The molecule has 21 heavy (non-hydrogen) atoms. The van der Waals surface area contributed by atoms with Crippen molar-refractivity contribution in [3.05, 3.63) is 84.4 Å². The van der Waals surface area contributed by atoms with Gasteiger partial charge in [0.25, 0.3) is 0 Å². The van der Waals surface area contributed by atoms with Crippen molar-refractivity contribution in [2.24, 2.45) is 0 Å². The maximum atomic E-state index is 3.57. The molecule has 0 amide bonds. The van der Waals surface area contributed by atoms with Crippen molar-refractivity contribution < 1.29 is 0 Å². The summed E-state index contributed by atoms with van der Waals surface area (Å²) in [5, 5.41) is 0. The molecule has 0 N–H and O–H groups in total. The van der Waals surface area contributed by atoms with Crippen LogP contribution in [0.2, 0.25) is 0 Å². The van der Waals surface area contributed by atoms with E-state index in [9.17, 15) is 0 Å². The van der Waals surface area contributed by atoms with E-state index in [-0.39, 0.29) is 0 Å². The largest absolute Gasteiger partial charge is 0.0622 e. The Morgan fingerprint density at radius 2 is 1.10 bits per heavy atom. The van der Waals surface area contributed by atoms with Gasteiger partial charge < -0.3 is 0 Å². The minimum atomic E-state index is 0.504. The molecule has 0 heteroatoms. The van der Waals surface area contributed by atoms with Gasteiger partial charge >= 0.3 is 0 Å². The van der Waals surface area contributed by atoms with E-state index < -0.39 is 0 Å². The number of hydrogen-bond donors (Lipinski definition) is 0. The molecular formula is C21H19. The molecule has 0 aliphatic carbocycles. The molecule has 0 fully saturated rings. The SMILES string of the molecule is CC(C)c1cc(-c2ccccc2)[c]c(-c2ccccc2)c1. The van der Waals surface area contributed by atoms with Crippen LogP contribution in [0, 0.1) is 6.07 Å². The molecule has 0 bridgehead atoms. The normalized spacial score (nSPS) is 10.8. The highest BCUT2D eigenvalue weighted by atomic mass is 14.1. The van der Waals surface area contributed by atoms with Crippen LogP contribution < -0.4 is 0 Å². The first-order valence-electron chi connectivity index (χ1n) is 7.42. The molecule has 0 nitrogen and oxygen atoms in total. The smallest absolute Gasteiger partial charge is 0.00141 e. The lowest BCUT2D eigenvalue weighted by Gasteiger charge is -2.12. The summed E-state index contributed by atoms with van der Waals surface area (Å²) < 4.78 is 0. The third-order valence-electron chi connectivity index (χ3n) is 3.73. The summed E-state index contributed by atoms with van der Waals surface area (Å²) >= 11 is 0. The monoisotopic (exact) mass is 271 g/mol. The third-order valence-corrected chi connectivity index (χ3v) is 3.73. The highest BCUT2D eigenvalue weighted by Gasteiger charge is 2.08. The lowest BCUT2D eigenvalue weighted by Crippen LogP contribution is -1.91. The first-order chi connectivity index (χ1) is 10.2. The molecule has 3 aromatic rings. The van der Waals surface area contributed by atoms with E-state index in [1.165, 1.54) is 27.8 Å². The molecule has 3 rings (SSSR count). The molecule has 0 saturated carbocycles. The highest BCUT2D eigenvalue weighted by Crippen LogP contribution is 2.30. The van der Waals surface area contributed by atoms with Gasteiger partial charge in [-0.2, -0.15) is 0 Å². The Morgan fingerprint density at radius 1 is 0.667 bits per heavy atom. The Kier molecular flexibility index (Phi) is 3.87. The summed E-state index contributed by atoms with van der Waals surface area (Å²) in [6.45, 7) is 4.47. The molecule has 0 aromatic heterocycles. The highest BCUT2D eigenvalue weighted by molar-refractivity contribution is 5.73. The van der Waals surface area contributed by atoms with Gasteiger partial charge in [-0.3, -0.25) is 0 Å². The van der Waals surface area contributed by atoms with Crippen LogP contribution in [0.1, 0.15) is 25.3 Å². The van der Waals surface area contributed by atoms with Gasteiger partial charge in [0.1, 0.15) is 0 Å². The van der Waals surface area contributed by atoms with Crippen molar-refractivity contribution >= 4 is 0 Å². The summed E-state index contributed by atoms with van der Waals surface area (Å²) in [7, 11) is 0. The Hall–Kier alpha value is -2.34. The van der Waals surface area contributed by atoms with E-state index in [4.69, 9.17) is 0 Å². The predicted molar refractivity (Wildman–Crippen MR) is 90.2 cm³/mol. The van der Waals surface area contributed by atoms with E-state index in [0.717, 1.165) is 0 Å². The second-order valence-electron chi connectivity index (χ2n) is 5.63. The average Bonchev–Trinajstić information content (AvgIpc) is 2.56. The van der Waals surface area contributed by atoms with Crippen molar-refractivity contribution in [1.29, 1.82) is 0 Å². The predicted octanol–water partition coefficient (Wildman–Crippen LogP) is 5.94. The molecule has 1 radical (unpaired) electrons. The maximum absolute atomic E-state index is 3.57. The molecule has 0 heterocycles. The topological polar surface area (TPSA) is 0 Å². The summed E-state index contributed by atoms with van der Waals surface area (Å²) in [6.07, 6.45) is 0. The quantitative estimate of drug-likeness (QED) is 0.552. The number of benzene rings is 3. The maximum Gasteiger partial charge on any atom is -0.00141 e. The summed E-state index contributed by atoms with van der Waals surface area (Å²) in [4.78, 5) is 0. The van der Waals surface area contributed by atoms with Crippen LogP contribution in [0.4, 0.5) is 0 Å². The van der Waals surface area contributed by atoms with Gasteiger partial charge in [-0.1, -0.05) is 86.6 Å². The average molecular weight is 271 g/mol. The molecule has 3 aromatic carbocycles. The van der Waals surface area contributed by atoms with Crippen LogP contribution in [-0.4, -0.2) is 0 Å². The van der Waals surface area contributed by atoms with Crippen molar-refractivity contribution in [3.8, 4) is 22.3 Å². The second kappa shape index (κ2) is 5.97. The molecule has 0 unspecified atom stereocenters. The first-order valence-corrected chi connectivity index (χ1v) is 7.42. The van der Waals surface area contributed by atoms with E-state index in [1.807, 2.05) is 12.1 Å². The first kappa shape index (κ1) is 13.6. The van der Waals surface area contributed by atoms with Crippen molar-refractivity contribution in [1.82, 2.24) is 0 Å². The molecule has 0 spiro atoms. The van der Waals surface area contributed by atoms with Gasteiger partial charge in [0.2, 0.25) is 0 Å². The standard InChI is InChI=1S/C21H19/c1-16(2)19-13-20(17-9-5-3-6-10-17)15-21(14-19)18-11-7-4-8-12-18/h3-14,16H,1-2H3. The van der Waals surface area contributed by atoms with Gasteiger partial charge in [-0.25, -0.2) is 0 Å². The zero-order chi connectivity index (χ0) is 14.7. The van der Waals surface area contributed by atoms with Crippen LogP contribution in [0.3, 0.4) is 0 Å². The third kappa shape index (κ3) is 3.05. The molecule has 0 saturated heterocycles. The van der Waals surface area contributed by atoms with Crippen LogP contribution in [-0.2, 0) is 0 Å². The Morgan fingerprint density at radius 3 is 1.48 bits per heavy atom. The number of rotatable bonds is 3. The minimum Gasteiger partial charge on any atom is -0.0622 e. The summed E-state index contributed by atoms with van der Waals surface area (Å²) in [5.41, 5.74) is 6.13. The Balaban J connectivity index is 2.16. The van der Waals surface area contributed by atoms with Gasteiger partial charge in [0.05, 0.1) is 0 Å². The Bertz CT molecular complexity index is 652. The Labute approximate surface area is 127 Å². The fourth-order valence-corrected chi connectivity index (χ4v) is 2.47. The fraction of sp³-hybridized carbons (Fsp3) is 0.143. The van der Waals surface area contributed by atoms with Crippen molar-refractivity contribution in [2.45, 2.75) is 19.8 Å². The summed E-state index contributed by atoms with van der Waals surface area (Å²) in [6, 6.07) is 29.1. The molecule has 103 valence electrons. The molecular weight excluding hydrogens is 252 g/mol. The zero-order valence-corrected chi connectivity index (χ0v) is 12.5. The van der Waals surface area contributed by atoms with Crippen LogP contribution in [0.15, 0.2) is 72.8 Å². The van der Waals surface area contributed by atoms with Crippen LogP contribution in [0.25, 0.3) is 22.3 Å². The van der Waals surface area contributed by atoms with Gasteiger partial charge in [0.15, 0.2) is 0 Å². The zero-order valence-electron chi connectivity index (χ0n) is 12.5. The van der Waals surface area contributed by atoms with Crippen LogP contribution >= 0.6 is 0 Å². The lowest BCUT2D eigenvalue weighted by molar-refractivity contribution is 0.867. The summed E-state index contributed by atoms with van der Waals surface area (Å²) in [5.74, 6) is 0.504. The van der Waals surface area contributed by atoms with E-state index in [0.29, 0.717) is 5.92 Å². The second-order valence-corrected chi connectivity index (χ2v) is 5.63. The van der Waals surface area contributed by atoms with Crippen LogP contribution in [0.5, 0.6) is 0 Å². The van der Waals surface area contributed by atoms with Crippen molar-refractivity contribution in [3.63, 3.8) is 0 Å². The van der Waals surface area contributed by atoms with Gasteiger partial charge in [0, 0.05) is 0 Å². The number of hydrogen-bond acceptors (Lipinski definition) is 0. The molecule has 0 aliphatic heterocycles. The molecule has 0 atom stereocenters. The van der Waals surface area contributed by atoms with Gasteiger partial charge in [-0.05, 0) is 39.8 Å². The van der Waals surface area contributed by atoms with E-state index in [1.54, 1.807) is 0 Å². The molecule has 0 aliphatic rings. The lowest BCUT2D eigenvalue weighted by atomic mass is 9.92. The van der Waals surface area contributed by atoms with E-state index in [2.05, 4.69) is 80.6 Å². The van der Waals surface area contributed by atoms with Gasteiger partial charge in [-0.15, -0.1) is 0 Å². The van der Waals surface area contributed by atoms with E-state index >= 15 is 0 Å².